The zero-order valence-electron chi connectivity index (χ0n) is 8.33. The van der Waals surface area contributed by atoms with Crippen LogP contribution in [0.25, 0.3) is 0 Å². The summed E-state index contributed by atoms with van der Waals surface area (Å²) in [6, 6.07) is 0.791. The number of hydrogen-bond donors (Lipinski definition) is 1. The van der Waals surface area contributed by atoms with Gasteiger partial charge in [0.05, 0.1) is 6.26 Å². The highest BCUT2D eigenvalue weighted by Gasteiger charge is 2.35. The van der Waals surface area contributed by atoms with Gasteiger partial charge in [0.25, 0.3) is 0 Å². The van der Waals surface area contributed by atoms with Crippen molar-refractivity contribution in [3.8, 4) is 0 Å². The molecule has 3 atom stereocenters. The lowest BCUT2D eigenvalue weighted by Gasteiger charge is -2.19. The molecule has 1 heterocycles. The van der Waals surface area contributed by atoms with Gasteiger partial charge in [-0.25, -0.2) is 0 Å². The third-order valence-corrected chi connectivity index (χ3v) is 3.08. The molecule has 0 bridgehead atoms. The summed E-state index contributed by atoms with van der Waals surface area (Å²) in [5, 5.41) is 3.57. The van der Waals surface area contributed by atoms with Crippen LogP contribution < -0.4 is 5.32 Å². The molecule has 2 rings (SSSR count). The molecule has 0 radical (unpaired) electrons. The SMILES string of the molecule is CCC1CC1NCC1CCC=CO1. The number of nitrogens with one attached hydrogen (secondary N) is 1. The summed E-state index contributed by atoms with van der Waals surface area (Å²) in [7, 11) is 0. The van der Waals surface area contributed by atoms with Crippen LogP contribution in [0.5, 0.6) is 0 Å². The Kier molecular flexibility index (Phi) is 2.89. The topological polar surface area (TPSA) is 21.3 Å². The first-order valence-electron chi connectivity index (χ1n) is 5.44. The van der Waals surface area contributed by atoms with Gasteiger partial charge in [-0.1, -0.05) is 13.3 Å². The zero-order chi connectivity index (χ0) is 9.10. The Morgan fingerprint density at radius 3 is 3.08 bits per heavy atom. The summed E-state index contributed by atoms with van der Waals surface area (Å²) in [6.07, 6.45) is 9.41. The molecule has 2 heteroatoms. The average molecular weight is 181 g/mol. The lowest BCUT2D eigenvalue weighted by atomic mass is 10.1. The van der Waals surface area contributed by atoms with Gasteiger partial charge in [0.2, 0.25) is 0 Å². The van der Waals surface area contributed by atoms with Crippen molar-refractivity contribution in [3.05, 3.63) is 12.3 Å². The monoisotopic (exact) mass is 181 g/mol. The third-order valence-electron chi connectivity index (χ3n) is 3.08. The van der Waals surface area contributed by atoms with Gasteiger partial charge in [0.15, 0.2) is 0 Å². The second-order valence-electron chi connectivity index (χ2n) is 4.13. The molecule has 1 aliphatic heterocycles. The van der Waals surface area contributed by atoms with Crippen LogP contribution in [0.2, 0.25) is 0 Å². The van der Waals surface area contributed by atoms with Gasteiger partial charge in [0.1, 0.15) is 6.10 Å². The van der Waals surface area contributed by atoms with Crippen molar-refractivity contribution in [1.29, 1.82) is 0 Å². The van der Waals surface area contributed by atoms with Crippen LogP contribution in [0.15, 0.2) is 12.3 Å². The molecule has 0 spiro atoms. The van der Waals surface area contributed by atoms with Crippen LogP contribution in [-0.4, -0.2) is 18.7 Å². The van der Waals surface area contributed by atoms with E-state index in [0.717, 1.165) is 18.5 Å². The number of allylic oxidation sites excluding steroid dienone is 1. The van der Waals surface area contributed by atoms with Gasteiger partial charge in [-0.05, 0) is 31.3 Å². The van der Waals surface area contributed by atoms with Gasteiger partial charge < -0.3 is 10.1 Å². The second-order valence-corrected chi connectivity index (χ2v) is 4.13. The lowest BCUT2D eigenvalue weighted by molar-refractivity contribution is 0.121. The van der Waals surface area contributed by atoms with E-state index >= 15 is 0 Å². The predicted octanol–water partition coefficient (Wildman–Crippen LogP) is 2.07. The molecule has 0 amide bonds. The van der Waals surface area contributed by atoms with Crippen molar-refractivity contribution in [3.63, 3.8) is 0 Å². The van der Waals surface area contributed by atoms with Crippen LogP contribution >= 0.6 is 0 Å². The summed E-state index contributed by atoms with van der Waals surface area (Å²) in [6.45, 7) is 3.30. The zero-order valence-corrected chi connectivity index (χ0v) is 8.33. The van der Waals surface area contributed by atoms with E-state index in [-0.39, 0.29) is 0 Å². The van der Waals surface area contributed by atoms with Gasteiger partial charge >= 0.3 is 0 Å². The Balaban J connectivity index is 1.60. The standard InChI is InChI=1S/C11H19NO/c1-2-9-7-11(9)12-8-10-5-3-4-6-13-10/h4,6,9-12H,2-3,5,7-8H2,1H3. The third kappa shape index (κ3) is 2.47. The van der Waals surface area contributed by atoms with Gasteiger partial charge in [-0.2, -0.15) is 0 Å². The molecule has 0 aromatic heterocycles. The van der Waals surface area contributed by atoms with Crippen LogP contribution in [0.1, 0.15) is 32.6 Å². The Hall–Kier alpha value is -0.500. The van der Waals surface area contributed by atoms with E-state index in [9.17, 15) is 0 Å². The molecule has 2 nitrogen and oxygen atoms in total. The number of rotatable bonds is 4. The summed E-state index contributed by atoms with van der Waals surface area (Å²) in [5.41, 5.74) is 0. The van der Waals surface area contributed by atoms with Gasteiger partial charge in [-0.3, -0.25) is 0 Å². The highest BCUT2D eigenvalue weighted by Crippen LogP contribution is 2.33. The molecular weight excluding hydrogens is 162 g/mol. The molecule has 1 fully saturated rings. The minimum Gasteiger partial charge on any atom is -0.497 e. The Bertz CT molecular complexity index is 191. The largest absolute Gasteiger partial charge is 0.497 e. The normalized spacial score (nSPS) is 37.2. The van der Waals surface area contributed by atoms with Crippen LogP contribution in [0.3, 0.4) is 0 Å². The minimum absolute atomic E-state index is 0.420. The van der Waals surface area contributed by atoms with Crippen molar-refractivity contribution in [2.45, 2.75) is 44.8 Å². The van der Waals surface area contributed by atoms with E-state index in [2.05, 4.69) is 18.3 Å². The molecule has 1 aliphatic carbocycles. The lowest BCUT2D eigenvalue weighted by Crippen LogP contribution is -2.31. The molecule has 0 aromatic carbocycles. The van der Waals surface area contributed by atoms with E-state index in [1.165, 1.54) is 25.7 Å². The first-order chi connectivity index (χ1) is 6.40. The average Bonchev–Trinajstić information content (AvgIpc) is 2.95. The van der Waals surface area contributed by atoms with E-state index in [0.29, 0.717) is 6.10 Å². The molecule has 74 valence electrons. The summed E-state index contributed by atoms with van der Waals surface area (Å²) in [4.78, 5) is 0. The van der Waals surface area contributed by atoms with Crippen molar-refractivity contribution in [2.75, 3.05) is 6.54 Å². The van der Waals surface area contributed by atoms with E-state index in [1.807, 2.05) is 6.26 Å². The Labute approximate surface area is 80.4 Å². The highest BCUT2D eigenvalue weighted by atomic mass is 16.5. The van der Waals surface area contributed by atoms with Gasteiger partial charge in [-0.15, -0.1) is 0 Å². The second kappa shape index (κ2) is 4.14. The quantitative estimate of drug-likeness (QED) is 0.717. The Morgan fingerprint density at radius 2 is 2.46 bits per heavy atom. The maximum Gasteiger partial charge on any atom is 0.110 e. The van der Waals surface area contributed by atoms with Crippen molar-refractivity contribution >= 4 is 0 Å². The number of hydrogen-bond acceptors (Lipinski definition) is 2. The molecule has 1 saturated carbocycles. The molecule has 13 heavy (non-hydrogen) atoms. The van der Waals surface area contributed by atoms with Gasteiger partial charge in [0, 0.05) is 12.6 Å². The predicted molar refractivity (Wildman–Crippen MR) is 53.4 cm³/mol. The van der Waals surface area contributed by atoms with Crippen LogP contribution in [0.4, 0.5) is 0 Å². The number of ether oxygens (including phenoxy) is 1. The summed E-state index contributed by atoms with van der Waals surface area (Å²) in [5.74, 6) is 0.944. The smallest absolute Gasteiger partial charge is 0.110 e. The summed E-state index contributed by atoms with van der Waals surface area (Å²) >= 11 is 0. The fourth-order valence-electron chi connectivity index (χ4n) is 1.97. The maximum atomic E-state index is 5.48. The highest BCUT2D eigenvalue weighted by molar-refractivity contribution is 4.93. The van der Waals surface area contributed by atoms with E-state index < -0.39 is 0 Å². The Morgan fingerprint density at radius 1 is 1.54 bits per heavy atom. The van der Waals surface area contributed by atoms with Crippen LogP contribution in [0, 0.1) is 5.92 Å². The fourth-order valence-corrected chi connectivity index (χ4v) is 1.97. The van der Waals surface area contributed by atoms with Crippen molar-refractivity contribution < 1.29 is 4.74 Å². The molecule has 3 unspecified atom stereocenters. The minimum atomic E-state index is 0.420. The fraction of sp³-hybridized carbons (Fsp3) is 0.818. The molecule has 0 saturated heterocycles. The maximum absolute atomic E-state index is 5.48. The molecular formula is C11H19NO. The molecule has 2 aliphatic rings. The van der Waals surface area contributed by atoms with E-state index in [4.69, 9.17) is 4.74 Å². The van der Waals surface area contributed by atoms with Crippen LogP contribution in [-0.2, 0) is 4.74 Å². The summed E-state index contributed by atoms with van der Waals surface area (Å²) < 4.78 is 5.48. The van der Waals surface area contributed by atoms with Crippen molar-refractivity contribution in [2.24, 2.45) is 5.92 Å². The van der Waals surface area contributed by atoms with E-state index in [1.54, 1.807) is 0 Å². The first kappa shape index (κ1) is 9.07. The van der Waals surface area contributed by atoms with Crippen molar-refractivity contribution in [1.82, 2.24) is 5.32 Å². The molecule has 1 N–H and O–H groups in total. The molecule has 0 aromatic rings. The first-order valence-corrected chi connectivity index (χ1v) is 5.44.